The molecule has 1 N–H and O–H groups in total. The zero-order chi connectivity index (χ0) is 13.3. The maximum Gasteiger partial charge on any atom is 0.173 e. The van der Waals surface area contributed by atoms with Crippen molar-refractivity contribution in [1.82, 2.24) is 0 Å². The molecule has 0 aliphatic rings. The maximum atomic E-state index is 13.3. The minimum Gasteiger partial charge on any atom is -0.384 e. The Kier molecular flexibility index (Phi) is 3.73. The monoisotopic (exact) mass is 316 g/mol. The van der Waals surface area contributed by atoms with Gasteiger partial charge in [-0.05, 0) is 39.7 Å². The van der Waals surface area contributed by atoms with Crippen LogP contribution < -0.4 is 0 Å². The van der Waals surface area contributed by atoms with Crippen molar-refractivity contribution < 1.29 is 18.3 Å². The van der Waals surface area contributed by atoms with Crippen molar-refractivity contribution in [3.05, 3.63) is 69.4 Å². The van der Waals surface area contributed by atoms with Gasteiger partial charge >= 0.3 is 0 Å². The average Bonchev–Trinajstić information content (AvgIpc) is 2.36. The first-order chi connectivity index (χ1) is 8.50. The zero-order valence-corrected chi connectivity index (χ0v) is 10.6. The predicted octanol–water partition coefficient (Wildman–Crippen LogP) is 3.95. The van der Waals surface area contributed by atoms with Crippen molar-refractivity contribution in [1.29, 1.82) is 0 Å². The molecule has 0 saturated carbocycles. The molecule has 18 heavy (non-hydrogen) atoms. The van der Waals surface area contributed by atoms with E-state index in [1.54, 1.807) is 0 Å². The van der Waals surface area contributed by atoms with E-state index in [0.29, 0.717) is 5.56 Å². The van der Waals surface area contributed by atoms with Crippen molar-refractivity contribution in [2.45, 2.75) is 6.10 Å². The molecular weight excluding hydrogens is 309 g/mol. The van der Waals surface area contributed by atoms with Crippen LogP contribution in [0.15, 0.2) is 40.9 Å². The number of aliphatic hydroxyl groups excluding tert-OH is 1. The highest BCUT2D eigenvalue weighted by Gasteiger charge is 2.18. The molecule has 0 radical (unpaired) electrons. The molecule has 94 valence electrons. The Hall–Kier alpha value is -1.33. The summed E-state index contributed by atoms with van der Waals surface area (Å²) in [5, 5.41) is 10.0. The molecule has 0 bridgehead atoms. The van der Waals surface area contributed by atoms with E-state index in [0.717, 1.165) is 6.07 Å². The first-order valence-corrected chi connectivity index (χ1v) is 5.87. The minimum atomic E-state index is -1.16. The van der Waals surface area contributed by atoms with Crippen LogP contribution in [0.1, 0.15) is 17.2 Å². The summed E-state index contributed by atoms with van der Waals surface area (Å²) in [6, 6.07) is 7.35. The van der Waals surface area contributed by atoms with Gasteiger partial charge in [0, 0.05) is 5.56 Å². The molecule has 1 atom stereocenters. The highest BCUT2D eigenvalue weighted by Crippen LogP contribution is 2.31. The van der Waals surface area contributed by atoms with Gasteiger partial charge in [0.2, 0.25) is 0 Å². The minimum absolute atomic E-state index is 0.140. The van der Waals surface area contributed by atoms with Crippen molar-refractivity contribution in [2.24, 2.45) is 0 Å². The van der Waals surface area contributed by atoms with Gasteiger partial charge in [-0.2, -0.15) is 0 Å². The molecule has 0 spiro atoms. The lowest BCUT2D eigenvalue weighted by Crippen LogP contribution is -2.03. The van der Waals surface area contributed by atoms with Gasteiger partial charge < -0.3 is 5.11 Å². The third-order valence-corrected chi connectivity index (χ3v) is 3.35. The quantitative estimate of drug-likeness (QED) is 0.832. The number of hydrogen-bond acceptors (Lipinski definition) is 1. The van der Waals surface area contributed by atoms with Crippen molar-refractivity contribution in [2.75, 3.05) is 0 Å². The molecule has 0 saturated heterocycles. The number of rotatable bonds is 2. The first-order valence-electron chi connectivity index (χ1n) is 5.07. The van der Waals surface area contributed by atoms with Crippen molar-refractivity contribution in [3.8, 4) is 0 Å². The van der Waals surface area contributed by atoms with E-state index < -0.39 is 23.6 Å². The van der Waals surface area contributed by atoms with Crippen molar-refractivity contribution in [3.63, 3.8) is 0 Å². The molecule has 5 heteroatoms. The van der Waals surface area contributed by atoms with E-state index in [2.05, 4.69) is 15.9 Å². The van der Waals surface area contributed by atoms with Crippen molar-refractivity contribution >= 4 is 15.9 Å². The lowest BCUT2D eigenvalue weighted by Gasteiger charge is -2.14. The summed E-state index contributed by atoms with van der Waals surface area (Å²) in [6.07, 6.45) is -1.16. The van der Waals surface area contributed by atoms with Crippen LogP contribution in [-0.4, -0.2) is 5.11 Å². The second-order valence-electron chi connectivity index (χ2n) is 3.72. The van der Waals surface area contributed by atoms with Crippen LogP contribution in [0.2, 0.25) is 0 Å². The Morgan fingerprint density at radius 1 is 0.944 bits per heavy atom. The number of hydrogen-bond donors (Lipinski definition) is 1. The third-order valence-electron chi connectivity index (χ3n) is 2.55. The second-order valence-corrected chi connectivity index (χ2v) is 4.51. The van der Waals surface area contributed by atoms with Gasteiger partial charge in [-0.3, -0.25) is 0 Å². The third kappa shape index (κ3) is 2.42. The van der Waals surface area contributed by atoms with E-state index in [1.165, 1.54) is 30.3 Å². The van der Waals surface area contributed by atoms with E-state index >= 15 is 0 Å². The molecular formula is C13H8BrF3O. The molecule has 2 aromatic rings. The normalized spacial score (nSPS) is 12.5. The van der Waals surface area contributed by atoms with E-state index in [9.17, 15) is 18.3 Å². The number of aliphatic hydroxyl groups is 1. The summed E-state index contributed by atoms with van der Waals surface area (Å²) in [5.41, 5.74) is 0.573. The zero-order valence-electron chi connectivity index (χ0n) is 9.00. The Bertz CT molecular complexity index is 569. The fourth-order valence-electron chi connectivity index (χ4n) is 1.58. The van der Waals surface area contributed by atoms with Crippen LogP contribution in [0.4, 0.5) is 13.2 Å². The standard InChI is InChI=1S/C13H8BrF3O/c14-11-9(5-6-10(16)12(11)17)13(18)7-1-3-8(15)4-2-7/h1-6,13,18H. The Morgan fingerprint density at radius 2 is 1.56 bits per heavy atom. The van der Waals surface area contributed by atoms with Gasteiger partial charge in [0.05, 0.1) is 4.47 Å². The Balaban J connectivity index is 2.43. The number of halogens is 4. The lowest BCUT2D eigenvalue weighted by molar-refractivity contribution is 0.218. The molecule has 2 aromatic carbocycles. The van der Waals surface area contributed by atoms with Gasteiger partial charge in [0.1, 0.15) is 11.9 Å². The predicted molar refractivity (Wildman–Crippen MR) is 64.5 cm³/mol. The molecule has 1 unspecified atom stereocenters. The fraction of sp³-hybridized carbons (Fsp3) is 0.0769. The first kappa shape index (κ1) is 13.1. The van der Waals surface area contributed by atoms with Gasteiger partial charge in [0.25, 0.3) is 0 Å². The van der Waals surface area contributed by atoms with Crippen LogP contribution in [-0.2, 0) is 0 Å². The summed E-state index contributed by atoms with van der Waals surface area (Å²) in [4.78, 5) is 0. The molecule has 0 aromatic heterocycles. The average molecular weight is 317 g/mol. The van der Waals surface area contributed by atoms with Gasteiger partial charge in [-0.1, -0.05) is 18.2 Å². The lowest BCUT2D eigenvalue weighted by atomic mass is 10.0. The summed E-state index contributed by atoms with van der Waals surface area (Å²) < 4.78 is 38.9. The second kappa shape index (κ2) is 5.12. The number of benzene rings is 2. The van der Waals surface area contributed by atoms with Crippen LogP contribution in [0.5, 0.6) is 0 Å². The molecule has 0 fully saturated rings. The molecule has 1 nitrogen and oxygen atoms in total. The maximum absolute atomic E-state index is 13.3. The summed E-state index contributed by atoms with van der Waals surface area (Å²) in [5.74, 6) is -2.50. The van der Waals surface area contributed by atoms with E-state index in [1.807, 2.05) is 0 Å². The molecule has 0 aliphatic carbocycles. The highest BCUT2D eigenvalue weighted by molar-refractivity contribution is 9.10. The Morgan fingerprint density at radius 3 is 2.17 bits per heavy atom. The van der Waals surface area contributed by atoms with Gasteiger partial charge in [0.15, 0.2) is 11.6 Å². The fourth-order valence-corrected chi connectivity index (χ4v) is 2.12. The molecule has 0 aliphatic heterocycles. The van der Waals surface area contributed by atoms with E-state index in [-0.39, 0.29) is 10.0 Å². The van der Waals surface area contributed by atoms with Crippen LogP contribution in [0, 0.1) is 17.5 Å². The SMILES string of the molecule is OC(c1ccc(F)cc1)c1ccc(F)c(F)c1Br. The highest BCUT2D eigenvalue weighted by atomic mass is 79.9. The smallest absolute Gasteiger partial charge is 0.173 e. The summed E-state index contributed by atoms with van der Waals surface area (Å²) in [6.45, 7) is 0. The van der Waals surface area contributed by atoms with Crippen LogP contribution in [0.25, 0.3) is 0 Å². The topological polar surface area (TPSA) is 20.2 Å². The Labute approximate surface area is 110 Å². The molecule has 0 heterocycles. The van der Waals surface area contributed by atoms with Gasteiger partial charge in [-0.25, -0.2) is 13.2 Å². The summed E-state index contributed by atoms with van der Waals surface area (Å²) in [7, 11) is 0. The van der Waals surface area contributed by atoms with Crippen LogP contribution in [0.3, 0.4) is 0 Å². The molecule has 0 amide bonds. The van der Waals surface area contributed by atoms with Crippen LogP contribution >= 0.6 is 15.9 Å². The van der Waals surface area contributed by atoms with E-state index in [4.69, 9.17) is 0 Å². The summed E-state index contributed by atoms with van der Waals surface area (Å²) >= 11 is 2.89. The largest absolute Gasteiger partial charge is 0.384 e. The van der Waals surface area contributed by atoms with Gasteiger partial charge in [-0.15, -0.1) is 0 Å². The molecule has 2 rings (SSSR count).